The molecule has 2 aliphatic rings. The molecule has 0 radical (unpaired) electrons. The second-order valence-corrected chi connectivity index (χ2v) is 3.52. The maximum atomic E-state index is 3.53. The van der Waals surface area contributed by atoms with Crippen molar-refractivity contribution in [3.05, 3.63) is 12.3 Å². The highest BCUT2D eigenvalue weighted by Gasteiger charge is 2.26. The van der Waals surface area contributed by atoms with Crippen LogP contribution >= 0.6 is 0 Å². The molecule has 2 N–H and O–H groups in total. The average Bonchev–Trinajstić information content (AvgIpc) is 2.12. The third-order valence-electron chi connectivity index (χ3n) is 2.79. The second-order valence-electron chi connectivity index (χ2n) is 3.52. The third-order valence-corrected chi connectivity index (χ3v) is 2.79. The third kappa shape index (κ3) is 1.56. The van der Waals surface area contributed by atoms with Crippen molar-refractivity contribution in [1.82, 2.24) is 10.6 Å². The van der Waals surface area contributed by atoms with Gasteiger partial charge in [0.25, 0.3) is 0 Å². The van der Waals surface area contributed by atoms with Gasteiger partial charge in [0.1, 0.15) is 0 Å². The van der Waals surface area contributed by atoms with E-state index in [0.717, 1.165) is 25.0 Å². The fourth-order valence-electron chi connectivity index (χ4n) is 1.80. The zero-order chi connectivity index (χ0) is 7.52. The molecule has 0 aromatic heterocycles. The van der Waals surface area contributed by atoms with Crippen LogP contribution in [0.1, 0.15) is 19.3 Å². The molecule has 11 heavy (non-hydrogen) atoms. The van der Waals surface area contributed by atoms with Gasteiger partial charge >= 0.3 is 0 Å². The normalized spacial score (nSPS) is 32.2. The van der Waals surface area contributed by atoms with Crippen LogP contribution in [0.2, 0.25) is 0 Å². The highest BCUT2D eigenvalue weighted by Crippen LogP contribution is 2.29. The molecule has 1 unspecified atom stereocenters. The Morgan fingerprint density at radius 3 is 2.91 bits per heavy atom. The summed E-state index contributed by atoms with van der Waals surface area (Å²) in [5, 5.41) is 6.84. The lowest BCUT2D eigenvalue weighted by Crippen LogP contribution is -2.44. The van der Waals surface area contributed by atoms with Crippen LogP contribution < -0.4 is 10.6 Å². The standard InChI is InChI=1S/C9H16N2/c1-3-8(4-1)9-7-10-5-2-6-11-9/h2,5,8-11H,1,3-4,6-7H2. The molecular weight excluding hydrogens is 136 g/mol. The average molecular weight is 152 g/mol. The van der Waals surface area contributed by atoms with Crippen molar-refractivity contribution in [2.24, 2.45) is 5.92 Å². The second kappa shape index (κ2) is 3.26. The Labute approximate surface area is 68.1 Å². The first-order valence-electron chi connectivity index (χ1n) is 4.58. The van der Waals surface area contributed by atoms with Crippen LogP contribution in [0, 0.1) is 5.92 Å². The summed E-state index contributed by atoms with van der Waals surface area (Å²) in [5.74, 6) is 0.947. The van der Waals surface area contributed by atoms with Gasteiger partial charge in [-0.2, -0.15) is 0 Å². The molecule has 1 saturated carbocycles. The molecule has 0 aromatic rings. The number of hydrogen-bond donors (Lipinski definition) is 2. The predicted molar refractivity (Wildman–Crippen MR) is 46.3 cm³/mol. The first-order valence-corrected chi connectivity index (χ1v) is 4.58. The fourth-order valence-corrected chi connectivity index (χ4v) is 1.80. The summed E-state index contributed by atoms with van der Waals surface area (Å²) in [6.07, 6.45) is 8.51. The Bertz CT molecular complexity index is 140. The SMILES string of the molecule is C1=CNCC(C2CCC2)NC1. The van der Waals surface area contributed by atoms with Crippen LogP contribution in [0.3, 0.4) is 0 Å². The molecule has 0 amide bonds. The van der Waals surface area contributed by atoms with Crippen molar-refractivity contribution in [2.45, 2.75) is 25.3 Å². The minimum Gasteiger partial charge on any atom is -0.390 e. The van der Waals surface area contributed by atoms with E-state index < -0.39 is 0 Å². The van der Waals surface area contributed by atoms with E-state index in [1.807, 2.05) is 0 Å². The Morgan fingerprint density at radius 2 is 2.18 bits per heavy atom. The lowest BCUT2D eigenvalue weighted by molar-refractivity contribution is 0.234. The quantitative estimate of drug-likeness (QED) is 0.582. The smallest absolute Gasteiger partial charge is 0.0298 e. The number of rotatable bonds is 1. The minimum atomic E-state index is 0.721. The van der Waals surface area contributed by atoms with Crippen LogP contribution in [-0.4, -0.2) is 19.1 Å². The van der Waals surface area contributed by atoms with Gasteiger partial charge < -0.3 is 10.6 Å². The summed E-state index contributed by atoms with van der Waals surface area (Å²) in [7, 11) is 0. The van der Waals surface area contributed by atoms with E-state index in [9.17, 15) is 0 Å². The van der Waals surface area contributed by atoms with Crippen molar-refractivity contribution in [1.29, 1.82) is 0 Å². The van der Waals surface area contributed by atoms with E-state index in [1.54, 1.807) is 0 Å². The summed E-state index contributed by atoms with van der Waals surface area (Å²) >= 11 is 0. The largest absolute Gasteiger partial charge is 0.390 e. The maximum absolute atomic E-state index is 3.53. The molecule has 1 atom stereocenters. The Kier molecular flexibility index (Phi) is 2.13. The molecule has 0 aromatic carbocycles. The lowest BCUT2D eigenvalue weighted by atomic mass is 9.79. The van der Waals surface area contributed by atoms with Gasteiger partial charge in [0.2, 0.25) is 0 Å². The van der Waals surface area contributed by atoms with Crippen molar-refractivity contribution < 1.29 is 0 Å². The molecular formula is C9H16N2. The van der Waals surface area contributed by atoms with Gasteiger partial charge in [-0.3, -0.25) is 0 Å². The summed E-state index contributed by atoms with van der Waals surface area (Å²) in [4.78, 5) is 0. The van der Waals surface area contributed by atoms with Gasteiger partial charge in [-0.1, -0.05) is 12.5 Å². The molecule has 1 aliphatic carbocycles. The van der Waals surface area contributed by atoms with Gasteiger partial charge in [0.15, 0.2) is 0 Å². The molecule has 0 saturated heterocycles. The van der Waals surface area contributed by atoms with Crippen molar-refractivity contribution in [3.63, 3.8) is 0 Å². The molecule has 0 bridgehead atoms. The summed E-state index contributed by atoms with van der Waals surface area (Å²) in [6.45, 7) is 2.15. The number of nitrogens with one attached hydrogen (secondary N) is 2. The van der Waals surface area contributed by atoms with E-state index in [-0.39, 0.29) is 0 Å². The van der Waals surface area contributed by atoms with Crippen LogP contribution in [0.4, 0.5) is 0 Å². The van der Waals surface area contributed by atoms with Gasteiger partial charge in [-0.15, -0.1) is 0 Å². The van der Waals surface area contributed by atoms with E-state index in [1.165, 1.54) is 19.3 Å². The molecule has 62 valence electrons. The van der Waals surface area contributed by atoms with Gasteiger partial charge in [-0.25, -0.2) is 0 Å². The summed E-state index contributed by atoms with van der Waals surface area (Å²) in [5.41, 5.74) is 0. The van der Waals surface area contributed by atoms with E-state index in [0.29, 0.717) is 0 Å². The van der Waals surface area contributed by atoms with E-state index in [2.05, 4.69) is 22.9 Å². The van der Waals surface area contributed by atoms with Crippen LogP contribution in [0.25, 0.3) is 0 Å². The van der Waals surface area contributed by atoms with Gasteiger partial charge in [0, 0.05) is 19.1 Å². The first-order chi connectivity index (χ1) is 5.47. The molecule has 1 aliphatic heterocycles. The van der Waals surface area contributed by atoms with Crippen molar-refractivity contribution in [2.75, 3.05) is 13.1 Å². The molecule has 0 spiro atoms. The zero-order valence-electron chi connectivity index (χ0n) is 6.84. The highest BCUT2D eigenvalue weighted by atomic mass is 15.0. The Morgan fingerprint density at radius 1 is 1.27 bits per heavy atom. The minimum absolute atomic E-state index is 0.721. The van der Waals surface area contributed by atoms with E-state index in [4.69, 9.17) is 0 Å². The Hall–Kier alpha value is -0.500. The predicted octanol–water partition coefficient (Wildman–Crippen LogP) is 0.862. The first kappa shape index (κ1) is 7.17. The van der Waals surface area contributed by atoms with E-state index >= 15 is 0 Å². The molecule has 1 fully saturated rings. The van der Waals surface area contributed by atoms with Gasteiger partial charge in [0.05, 0.1) is 0 Å². The lowest BCUT2D eigenvalue weighted by Gasteiger charge is -2.33. The summed E-state index contributed by atoms with van der Waals surface area (Å²) < 4.78 is 0. The van der Waals surface area contributed by atoms with Crippen LogP contribution in [0.15, 0.2) is 12.3 Å². The monoisotopic (exact) mass is 152 g/mol. The molecule has 2 heteroatoms. The van der Waals surface area contributed by atoms with Gasteiger partial charge in [-0.05, 0) is 25.0 Å². The molecule has 1 heterocycles. The van der Waals surface area contributed by atoms with Crippen molar-refractivity contribution >= 4 is 0 Å². The van der Waals surface area contributed by atoms with Crippen LogP contribution in [0.5, 0.6) is 0 Å². The summed E-state index contributed by atoms with van der Waals surface area (Å²) in [6, 6.07) is 0.721. The maximum Gasteiger partial charge on any atom is 0.0298 e. The molecule has 2 nitrogen and oxygen atoms in total. The fraction of sp³-hybridized carbons (Fsp3) is 0.778. The van der Waals surface area contributed by atoms with Crippen molar-refractivity contribution in [3.8, 4) is 0 Å². The topological polar surface area (TPSA) is 24.1 Å². The molecule has 2 rings (SSSR count). The number of hydrogen-bond acceptors (Lipinski definition) is 2. The zero-order valence-corrected chi connectivity index (χ0v) is 6.84. The Balaban J connectivity index is 1.83. The highest BCUT2D eigenvalue weighted by molar-refractivity contribution is 4.93. The van der Waals surface area contributed by atoms with Crippen LogP contribution in [-0.2, 0) is 0 Å².